The number of aliphatic hydroxyl groups excluding tert-OH is 2. The Morgan fingerprint density at radius 2 is 1.40 bits per heavy atom. The largest absolute Gasteiger partial charge is 0.376 e. The van der Waals surface area contributed by atoms with Gasteiger partial charge >= 0.3 is 12.1 Å². The van der Waals surface area contributed by atoms with Crippen LogP contribution in [0.4, 0.5) is 9.59 Å². The monoisotopic (exact) mass is 286 g/mol. The number of carbonyl (C=O) groups excluding carboxylic acids is 2. The topological polar surface area (TPSA) is 87.6 Å². The lowest BCUT2D eigenvalue weighted by atomic mass is 9.84. The maximum absolute atomic E-state index is 12.2. The second-order valence-electron chi connectivity index (χ2n) is 5.48. The minimum absolute atomic E-state index is 0.0836. The highest BCUT2D eigenvalue weighted by Crippen LogP contribution is 2.36. The molecule has 0 bridgehead atoms. The summed E-state index contributed by atoms with van der Waals surface area (Å²) in [5.41, 5.74) is 0. The zero-order chi connectivity index (χ0) is 15.2. The Kier molecular flexibility index (Phi) is 3.79. The molecule has 0 saturated carbocycles. The molecule has 2 aliphatic rings. The van der Waals surface area contributed by atoms with E-state index in [0.29, 0.717) is 0 Å². The van der Waals surface area contributed by atoms with Crippen molar-refractivity contribution in [2.75, 3.05) is 27.6 Å². The predicted octanol–water partition coefficient (Wildman–Crippen LogP) is -0.660. The van der Waals surface area contributed by atoms with Crippen molar-refractivity contribution in [3.63, 3.8) is 0 Å². The van der Waals surface area contributed by atoms with Crippen LogP contribution in [0.25, 0.3) is 0 Å². The number of amides is 4. The Hall–Kier alpha value is -1.54. The van der Waals surface area contributed by atoms with Crippen molar-refractivity contribution < 1.29 is 19.8 Å². The van der Waals surface area contributed by atoms with Crippen molar-refractivity contribution in [3.8, 4) is 0 Å². The van der Waals surface area contributed by atoms with Gasteiger partial charge in [-0.15, -0.1) is 0 Å². The van der Waals surface area contributed by atoms with Gasteiger partial charge in [0, 0.05) is 32.1 Å². The molecule has 2 aliphatic heterocycles. The molecule has 2 rings (SSSR count). The molecule has 0 radical (unpaired) electrons. The van der Waals surface area contributed by atoms with Crippen molar-refractivity contribution >= 4 is 12.1 Å². The first-order chi connectivity index (χ1) is 9.36. The molecule has 4 atom stereocenters. The quantitative estimate of drug-likeness (QED) is 0.705. The van der Waals surface area contributed by atoms with E-state index < -0.39 is 12.9 Å². The van der Waals surface area contributed by atoms with Crippen molar-refractivity contribution in [3.05, 3.63) is 0 Å². The van der Waals surface area contributed by atoms with Crippen LogP contribution in [0.3, 0.4) is 0 Å². The second-order valence-corrected chi connectivity index (χ2v) is 5.48. The Bertz CT molecular complexity index is 418. The van der Waals surface area contributed by atoms with Gasteiger partial charge in [-0.1, -0.05) is 0 Å². The highest BCUT2D eigenvalue weighted by molar-refractivity contribution is 5.80. The number of nitrogens with zero attached hydrogens (tertiary/aromatic N) is 4. The number of hydrogen-bond donors (Lipinski definition) is 2. The average Bonchev–Trinajstić information content (AvgIpc) is 2.42. The highest BCUT2D eigenvalue weighted by Gasteiger charge is 2.53. The standard InChI is InChI=1S/C12H22N4O4/c1-7-9-8(2)15(5-17)12(20)14(4)10(9)16(6-18)11(19)13(7)3/h7-10,17-18H,5-6H2,1-4H3/t7-,8-,9-,10+/m1/s1. The van der Waals surface area contributed by atoms with Gasteiger partial charge in [-0.3, -0.25) is 9.80 Å². The van der Waals surface area contributed by atoms with E-state index >= 15 is 0 Å². The van der Waals surface area contributed by atoms with Crippen LogP contribution >= 0.6 is 0 Å². The van der Waals surface area contributed by atoms with Gasteiger partial charge in [0.2, 0.25) is 0 Å². The minimum atomic E-state index is -0.496. The van der Waals surface area contributed by atoms with E-state index in [4.69, 9.17) is 0 Å². The average molecular weight is 286 g/mol. The molecular weight excluding hydrogens is 264 g/mol. The number of carbonyl (C=O) groups is 2. The summed E-state index contributed by atoms with van der Waals surface area (Å²) in [4.78, 5) is 30.1. The summed E-state index contributed by atoms with van der Waals surface area (Å²) < 4.78 is 0. The van der Waals surface area contributed by atoms with Gasteiger partial charge in [-0.2, -0.15) is 0 Å². The molecule has 8 nitrogen and oxygen atoms in total. The Morgan fingerprint density at radius 1 is 0.900 bits per heavy atom. The molecule has 2 N–H and O–H groups in total. The maximum Gasteiger partial charge on any atom is 0.323 e. The van der Waals surface area contributed by atoms with E-state index in [1.54, 1.807) is 19.0 Å². The fraction of sp³-hybridized carbons (Fsp3) is 0.833. The van der Waals surface area contributed by atoms with Crippen LogP contribution in [0.2, 0.25) is 0 Å². The third-order valence-corrected chi connectivity index (χ3v) is 4.68. The third kappa shape index (κ3) is 1.82. The molecule has 2 heterocycles. The summed E-state index contributed by atoms with van der Waals surface area (Å²) in [5.74, 6) is -0.0836. The van der Waals surface area contributed by atoms with Crippen LogP contribution in [0, 0.1) is 5.92 Å². The van der Waals surface area contributed by atoms with Crippen molar-refractivity contribution in [1.82, 2.24) is 19.6 Å². The lowest BCUT2D eigenvalue weighted by Gasteiger charge is -2.57. The molecule has 0 spiro atoms. The van der Waals surface area contributed by atoms with E-state index in [0.717, 1.165) is 0 Å². The van der Waals surface area contributed by atoms with Crippen LogP contribution in [-0.2, 0) is 0 Å². The van der Waals surface area contributed by atoms with Gasteiger partial charge in [-0.05, 0) is 13.8 Å². The number of urea groups is 2. The highest BCUT2D eigenvalue weighted by atomic mass is 16.3. The Morgan fingerprint density at radius 3 is 1.90 bits per heavy atom. The first-order valence-electron chi connectivity index (χ1n) is 6.65. The van der Waals surface area contributed by atoms with E-state index in [2.05, 4.69) is 0 Å². The number of rotatable bonds is 2. The van der Waals surface area contributed by atoms with Gasteiger partial charge < -0.3 is 20.0 Å². The molecular formula is C12H22N4O4. The fourth-order valence-corrected chi connectivity index (χ4v) is 3.36. The normalized spacial score (nSPS) is 34.7. The predicted molar refractivity (Wildman–Crippen MR) is 70.4 cm³/mol. The van der Waals surface area contributed by atoms with Crippen molar-refractivity contribution in [2.24, 2.45) is 5.92 Å². The van der Waals surface area contributed by atoms with E-state index in [9.17, 15) is 19.8 Å². The molecule has 2 fully saturated rings. The number of hydrogen-bond acceptors (Lipinski definition) is 4. The summed E-state index contributed by atoms with van der Waals surface area (Å²) in [5, 5.41) is 18.9. The Labute approximate surface area is 118 Å². The number of aliphatic hydroxyl groups is 2. The molecule has 0 aromatic carbocycles. The summed E-state index contributed by atoms with van der Waals surface area (Å²) in [7, 11) is 3.26. The van der Waals surface area contributed by atoms with Gasteiger partial charge in [0.05, 0.1) is 0 Å². The smallest absolute Gasteiger partial charge is 0.323 e. The molecule has 8 heteroatoms. The van der Waals surface area contributed by atoms with Gasteiger partial charge in [0.25, 0.3) is 0 Å². The van der Waals surface area contributed by atoms with E-state index in [1.165, 1.54) is 14.7 Å². The first-order valence-corrected chi connectivity index (χ1v) is 6.65. The fourth-order valence-electron chi connectivity index (χ4n) is 3.36. The zero-order valence-corrected chi connectivity index (χ0v) is 12.2. The Balaban J connectivity index is 2.45. The summed E-state index contributed by atoms with van der Waals surface area (Å²) >= 11 is 0. The molecule has 0 unspecified atom stereocenters. The minimum Gasteiger partial charge on any atom is -0.376 e. The lowest BCUT2D eigenvalue weighted by Crippen LogP contribution is -2.75. The van der Waals surface area contributed by atoms with Gasteiger partial charge in [0.15, 0.2) is 0 Å². The van der Waals surface area contributed by atoms with Crippen LogP contribution in [0.1, 0.15) is 13.8 Å². The van der Waals surface area contributed by atoms with Crippen LogP contribution in [0.5, 0.6) is 0 Å². The van der Waals surface area contributed by atoms with Crippen molar-refractivity contribution in [2.45, 2.75) is 32.1 Å². The molecule has 114 valence electrons. The van der Waals surface area contributed by atoms with E-state index in [-0.39, 0.29) is 36.8 Å². The lowest BCUT2D eigenvalue weighted by molar-refractivity contribution is -0.104. The molecule has 4 amide bonds. The summed E-state index contributed by atoms with van der Waals surface area (Å²) in [6, 6.07) is -0.974. The third-order valence-electron chi connectivity index (χ3n) is 4.68. The summed E-state index contributed by atoms with van der Waals surface area (Å²) in [6.45, 7) is 2.96. The summed E-state index contributed by atoms with van der Waals surface area (Å²) in [6.07, 6.45) is -0.496. The van der Waals surface area contributed by atoms with Crippen LogP contribution in [0.15, 0.2) is 0 Å². The first kappa shape index (κ1) is 14.9. The molecule has 0 aromatic rings. The van der Waals surface area contributed by atoms with Gasteiger partial charge in [0.1, 0.15) is 19.6 Å². The number of fused-ring (bicyclic) bond motifs is 1. The van der Waals surface area contributed by atoms with Crippen molar-refractivity contribution in [1.29, 1.82) is 0 Å². The van der Waals surface area contributed by atoms with E-state index in [1.807, 2.05) is 13.8 Å². The molecule has 2 saturated heterocycles. The molecule has 0 aliphatic carbocycles. The van der Waals surface area contributed by atoms with Crippen LogP contribution < -0.4 is 0 Å². The SMILES string of the molecule is C[C@@H]1[C@@H]2[C@@H](C)N(CO)C(=O)N(C)[C@H]2N(CO)C(=O)N1C. The maximum atomic E-state index is 12.2. The van der Waals surface area contributed by atoms with Crippen LogP contribution in [-0.4, -0.2) is 87.7 Å². The molecule has 0 aromatic heterocycles. The molecule has 20 heavy (non-hydrogen) atoms. The zero-order valence-electron chi connectivity index (χ0n) is 12.2. The van der Waals surface area contributed by atoms with Gasteiger partial charge in [-0.25, -0.2) is 9.59 Å². The second kappa shape index (κ2) is 5.10.